The molecule has 1 aromatic carbocycles. The summed E-state index contributed by atoms with van der Waals surface area (Å²) in [6, 6.07) is 4.93. The van der Waals surface area contributed by atoms with Gasteiger partial charge in [0.05, 0.1) is 0 Å². The van der Waals surface area contributed by atoms with Crippen molar-refractivity contribution in [1.82, 2.24) is 10.2 Å². The Hall–Kier alpha value is -1.00. The second-order valence-electron chi connectivity index (χ2n) is 6.71. The fourth-order valence-corrected chi connectivity index (χ4v) is 3.50. The van der Waals surface area contributed by atoms with E-state index in [1.54, 1.807) is 12.1 Å². The Kier molecular flexibility index (Phi) is 4.02. The average molecular weight is 294 g/mol. The number of nitrogens with one attached hydrogen (secondary N) is 1. The van der Waals surface area contributed by atoms with E-state index in [0.717, 1.165) is 19.5 Å². The van der Waals surface area contributed by atoms with Crippen molar-refractivity contribution in [2.24, 2.45) is 5.92 Å². The molecule has 2 nitrogen and oxygen atoms in total. The van der Waals surface area contributed by atoms with Gasteiger partial charge in [0, 0.05) is 36.8 Å². The van der Waals surface area contributed by atoms with Gasteiger partial charge in [-0.05, 0) is 38.2 Å². The van der Waals surface area contributed by atoms with Crippen LogP contribution >= 0.6 is 0 Å². The van der Waals surface area contributed by atoms with Gasteiger partial charge in [0.1, 0.15) is 0 Å². The smallest absolute Gasteiger partial charge is 0.163 e. The molecule has 2 fully saturated rings. The number of piperazine rings is 1. The molecular formula is C17H24F2N2. The molecule has 2 atom stereocenters. The maximum Gasteiger partial charge on any atom is 0.163 e. The molecule has 1 saturated carbocycles. The normalized spacial score (nSPS) is 30.6. The van der Waals surface area contributed by atoms with E-state index in [2.05, 4.69) is 24.1 Å². The van der Waals surface area contributed by atoms with Crippen LogP contribution in [0.15, 0.2) is 18.2 Å². The summed E-state index contributed by atoms with van der Waals surface area (Å²) in [6.07, 6.45) is 3.55. The van der Waals surface area contributed by atoms with E-state index in [0.29, 0.717) is 24.1 Å². The third-order valence-electron chi connectivity index (χ3n) is 5.25. The van der Waals surface area contributed by atoms with E-state index < -0.39 is 11.6 Å². The minimum atomic E-state index is -0.747. The van der Waals surface area contributed by atoms with Crippen LogP contribution in [-0.2, 0) is 6.54 Å². The first-order valence-corrected chi connectivity index (χ1v) is 7.96. The largest absolute Gasteiger partial charge is 0.311 e. The Labute approximate surface area is 125 Å². The average Bonchev–Trinajstić information content (AvgIpc) is 3.31. The van der Waals surface area contributed by atoms with Crippen molar-refractivity contribution in [2.75, 3.05) is 13.1 Å². The zero-order chi connectivity index (χ0) is 15.0. The maximum absolute atomic E-state index is 14.0. The summed E-state index contributed by atoms with van der Waals surface area (Å²) in [7, 11) is 0. The van der Waals surface area contributed by atoms with Crippen LogP contribution in [0, 0.1) is 17.6 Å². The van der Waals surface area contributed by atoms with Crippen LogP contribution < -0.4 is 5.32 Å². The van der Waals surface area contributed by atoms with Crippen molar-refractivity contribution in [3.05, 3.63) is 35.4 Å². The Morgan fingerprint density at radius 3 is 2.76 bits per heavy atom. The van der Waals surface area contributed by atoms with Crippen molar-refractivity contribution < 1.29 is 8.78 Å². The number of hydrogen-bond acceptors (Lipinski definition) is 2. The minimum absolute atomic E-state index is 0.0599. The first-order chi connectivity index (χ1) is 10.0. The summed E-state index contributed by atoms with van der Waals surface area (Å²) in [5.74, 6) is -0.760. The molecule has 21 heavy (non-hydrogen) atoms. The standard InChI is InChI=1S/C17H24F2N2/c1-3-14-10-21(17(2,11-20-14)13-7-8-13)9-12-5-4-6-15(18)16(12)19/h4-6,13-14,20H,3,7-11H2,1-2H3. The molecule has 0 bridgehead atoms. The molecule has 116 valence electrons. The molecule has 4 heteroatoms. The molecule has 0 amide bonds. The zero-order valence-corrected chi connectivity index (χ0v) is 12.8. The molecule has 3 rings (SSSR count). The van der Waals surface area contributed by atoms with Crippen molar-refractivity contribution >= 4 is 0 Å². The second-order valence-corrected chi connectivity index (χ2v) is 6.71. The Balaban J connectivity index is 1.83. The topological polar surface area (TPSA) is 15.3 Å². The van der Waals surface area contributed by atoms with Gasteiger partial charge in [-0.15, -0.1) is 0 Å². The van der Waals surface area contributed by atoms with E-state index in [4.69, 9.17) is 0 Å². The summed E-state index contributed by atoms with van der Waals surface area (Å²) in [5.41, 5.74) is 0.531. The lowest BCUT2D eigenvalue weighted by molar-refractivity contribution is 0.0261. The molecule has 2 aliphatic rings. The van der Waals surface area contributed by atoms with Crippen LogP contribution in [0.3, 0.4) is 0 Å². The molecule has 1 saturated heterocycles. The minimum Gasteiger partial charge on any atom is -0.311 e. The fraction of sp³-hybridized carbons (Fsp3) is 0.647. The van der Waals surface area contributed by atoms with E-state index in [1.165, 1.54) is 18.9 Å². The van der Waals surface area contributed by atoms with E-state index in [9.17, 15) is 8.78 Å². The van der Waals surface area contributed by atoms with Gasteiger partial charge in [-0.3, -0.25) is 4.90 Å². The van der Waals surface area contributed by atoms with Crippen molar-refractivity contribution in [3.8, 4) is 0 Å². The summed E-state index contributed by atoms with van der Waals surface area (Å²) in [6.45, 7) is 6.76. The first kappa shape index (κ1) is 14.9. The summed E-state index contributed by atoms with van der Waals surface area (Å²) < 4.78 is 27.4. The van der Waals surface area contributed by atoms with Crippen LogP contribution in [0.1, 0.15) is 38.7 Å². The highest BCUT2D eigenvalue weighted by molar-refractivity contribution is 5.20. The molecule has 1 heterocycles. The monoisotopic (exact) mass is 294 g/mol. The highest BCUT2D eigenvalue weighted by atomic mass is 19.2. The molecule has 2 unspecified atom stereocenters. The van der Waals surface area contributed by atoms with E-state index in [-0.39, 0.29) is 5.54 Å². The number of benzene rings is 1. The second kappa shape index (κ2) is 5.65. The van der Waals surface area contributed by atoms with Gasteiger partial charge >= 0.3 is 0 Å². The predicted octanol–water partition coefficient (Wildman–Crippen LogP) is 3.32. The third-order valence-corrected chi connectivity index (χ3v) is 5.25. The van der Waals surface area contributed by atoms with Crippen molar-refractivity contribution in [1.29, 1.82) is 0 Å². The zero-order valence-electron chi connectivity index (χ0n) is 12.8. The van der Waals surface area contributed by atoms with Crippen molar-refractivity contribution in [2.45, 2.75) is 51.2 Å². The summed E-state index contributed by atoms with van der Waals surface area (Å²) in [4.78, 5) is 2.37. The summed E-state index contributed by atoms with van der Waals surface area (Å²) >= 11 is 0. The van der Waals surface area contributed by atoms with Crippen LogP contribution in [0.4, 0.5) is 8.78 Å². The van der Waals surface area contributed by atoms with Gasteiger partial charge < -0.3 is 5.32 Å². The van der Waals surface area contributed by atoms with Gasteiger partial charge in [0.15, 0.2) is 11.6 Å². The van der Waals surface area contributed by atoms with Gasteiger partial charge in [-0.25, -0.2) is 8.78 Å². The Bertz CT molecular complexity index is 516. The predicted molar refractivity (Wildman–Crippen MR) is 80.0 cm³/mol. The molecule has 1 N–H and O–H groups in total. The SMILES string of the molecule is CCC1CN(Cc2cccc(F)c2F)C(C)(C2CC2)CN1. The highest BCUT2D eigenvalue weighted by Crippen LogP contribution is 2.44. The lowest BCUT2D eigenvalue weighted by atomic mass is 9.88. The molecule has 1 aromatic rings. The quantitative estimate of drug-likeness (QED) is 0.916. The lowest BCUT2D eigenvalue weighted by Crippen LogP contribution is -2.63. The molecule has 0 aromatic heterocycles. The number of nitrogens with zero attached hydrogens (tertiary/aromatic N) is 1. The Morgan fingerprint density at radius 1 is 1.33 bits per heavy atom. The van der Waals surface area contributed by atoms with Gasteiger partial charge in [0.25, 0.3) is 0 Å². The molecule has 1 aliphatic heterocycles. The van der Waals surface area contributed by atoms with E-state index >= 15 is 0 Å². The maximum atomic E-state index is 14.0. The third kappa shape index (κ3) is 2.84. The van der Waals surface area contributed by atoms with E-state index in [1.807, 2.05) is 0 Å². The molecule has 1 aliphatic carbocycles. The number of halogens is 2. The van der Waals surface area contributed by atoms with Crippen LogP contribution in [0.2, 0.25) is 0 Å². The van der Waals surface area contributed by atoms with Crippen molar-refractivity contribution in [3.63, 3.8) is 0 Å². The lowest BCUT2D eigenvalue weighted by Gasteiger charge is -2.48. The molecule has 0 radical (unpaired) electrons. The first-order valence-electron chi connectivity index (χ1n) is 7.96. The summed E-state index contributed by atoms with van der Waals surface area (Å²) in [5, 5.41) is 3.61. The molecular weight excluding hydrogens is 270 g/mol. The van der Waals surface area contributed by atoms with Crippen LogP contribution in [-0.4, -0.2) is 29.6 Å². The van der Waals surface area contributed by atoms with Gasteiger partial charge in [0.2, 0.25) is 0 Å². The Morgan fingerprint density at radius 2 is 2.10 bits per heavy atom. The van der Waals surface area contributed by atoms with Gasteiger partial charge in [-0.1, -0.05) is 19.1 Å². The fourth-order valence-electron chi connectivity index (χ4n) is 3.50. The van der Waals surface area contributed by atoms with Crippen LogP contribution in [0.5, 0.6) is 0 Å². The number of rotatable bonds is 4. The highest BCUT2D eigenvalue weighted by Gasteiger charge is 2.48. The van der Waals surface area contributed by atoms with Crippen LogP contribution in [0.25, 0.3) is 0 Å². The number of hydrogen-bond donors (Lipinski definition) is 1. The van der Waals surface area contributed by atoms with Gasteiger partial charge in [-0.2, -0.15) is 0 Å². The molecule has 0 spiro atoms.